The Morgan fingerprint density at radius 3 is 2.57 bits per heavy atom. The van der Waals surface area contributed by atoms with Crippen LogP contribution in [0.2, 0.25) is 5.02 Å². The molecule has 6 heteroatoms. The number of anilines is 2. The van der Waals surface area contributed by atoms with E-state index in [1.54, 1.807) is 0 Å². The molecule has 2 N–H and O–H groups in total. The van der Waals surface area contributed by atoms with Crippen molar-refractivity contribution in [3.8, 4) is 0 Å². The van der Waals surface area contributed by atoms with Crippen LogP contribution >= 0.6 is 11.6 Å². The summed E-state index contributed by atoms with van der Waals surface area (Å²) < 4.78 is 0. The summed E-state index contributed by atoms with van der Waals surface area (Å²) in [5, 5.41) is 6.59. The number of carbonyl (C=O) groups is 1. The lowest BCUT2D eigenvalue weighted by Crippen LogP contribution is -2.25. The topological polar surface area (TPSA) is 66.9 Å². The summed E-state index contributed by atoms with van der Waals surface area (Å²) in [4.78, 5) is 20.3. The van der Waals surface area contributed by atoms with Gasteiger partial charge in [0.1, 0.15) is 0 Å². The van der Waals surface area contributed by atoms with Crippen molar-refractivity contribution >= 4 is 29.1 Å². The molecule has 1 heterocycles. The monoisotopic (exact) mass is 332 g/mol. The Kier molecular flexibility index (Phi) is 5.93. The Labute approximate surface area is 141 Å². The van der Waals surface area contributed by atoms with Crippen molar-refractivity contribution in [3.63, 3.8) is 0 Å². The van der Waals surface area contributed by atoms with Gasteiger partial charge in [0.15, 0.2) is 0 Å². The smallest absolute Gasteiger partial charge is 0.254 e. The highest BCUT2D eigenvalue weighted by molar-refractivity contribution is 6.31. The number of halogens is 1. The van der Waals surface area contributed by atoms with Gasteiger partial charge in [-0.25, -0.2) is 9.97 Å². The van der Waals surface area contributed by atoms with Gasteiger partial charge >= 0.3 is 0 Å². The van der Waals surface area contributed by atoms with Crippen molar-refractivity contribution in [2.45, 2.75) is 27.2 Å². The molecule has 0 radical (unpaired) electrons. The number of nitrogens with one attached hydrogen (secondary N) is 2. The van der Waals surface area contributed by atoms with E-state index in [0.717, 1.165) is 17.7 Å². The molecule has 1 aromatic heterocycles. The first kappa shape index (κ1) is 17.2. The molecule has 2 aromatic rings. The van der Waals surface area contributed by atoms with E-state index in [-0.39, 0.29) is 5.91 Å². The van der Waals surface area contributed by atoms with Crippen LogP contribution < -0.4 is 10.6 Å². The Hall–Kier alpha value is -2.14. The van der Waals surface area contributed by atoms with Crippen molar-refractivity contribution in [1.29, 1.82) is 0 Å². The zero-order valence-electron chi connectivity index (χ0n) is 13.6. The van der Waals surface area contributed by atoms with Crippen LogP contribution in [-0.4, -0.2) is 22.4 Å². The minimum atomic E-state index is -0.157. The molecular weight excluding hydrogens is 312 g/mol. The fourth-order valence-electron chi connectivity index (χ4n) is 1.89. The van der Waals surface area contributed by atoms with Crippen LogP contribution in [-0.2, 0) is 0 Å². The Balaban J connectivity index is 1.96. The molecule has 0 saturated heterocycles. The van der Waals surface area contributed by atoms with Gasteiger partial charge in [-0.1, -0.05) is 31.5 Å². The molecule has 1 aromatic carbocycles. The normalized spacial score (nSPS) is 10.7. The van der Waals surface area contributed by atoms with Crippen molar-refractivity contribution in [3.05, 3.63) is 46.7 Å². The maximum absolute atomic E-state index is 11.9. The molecule has 0 unspecified atom stereocenters. The SMILES string of the molecule is Cc1ccc(Nc2ncc(C(=O)NCCC(C)C)cn2)cc1Cl. The van der Waals surface area contributed by atoms with Crippen molar-refractivity contribution in [1.82, 2.24) is 15.3 Å². The third kappa shape index (κ3) is 5.21. The van der Waals surface area contributed by atoms with Crippen LogP contribution in [0.15, 0.2) is 30.6 Å². The average molecular weight is 333 g/mol. The average Bonchev–Trinajstić information content (AvgIpc) is 2.51. The summed E-state index contributed by atoms with van der Waals surface area (Å²) in [5.74, 6) is 0.818. The van der Waals surface area contributed by atoms with Crippen molar-refractivity contribution in [2.75, 3.05) is 11.9 Å². The lowest BCUT2D eigenvalue weighted by Gasteiger charge is -2.08. The predicted octanol–water partition coefficient (Wildman–Crippen LogP) is 3.96. The van der Waals surface area contributed by atoms with Gasteiger partial charge in [-0.15, -0.1) is 0 Å². The molecule has 2 rings (SSSR count). The van der Waals surface area contributed by atoms with Crippen LogP contribution in [0.1, 0.15) is 36.2 Å². The third-order valence-corrected chi connectivity index (χ3v) is 3.76. The maximum atomic E-state index is 11.9. The number of nitrogens with zero attached hydrogens (tertiary/aromatic N) is 2. The molecule has 122 valence electrons. The van der Waals surface area contributed by atoms with Gasteiger partial charge in [0.2, 0.25) is 5.95 Å². The standard InChI is InChI=1S/C17H21ClN4O/c1-11(2)6-7-19-16(23)13-9-20-17(21-10-13)22-14-5-4-12(3)15(18)8-14/h4-5,8-11H,6-7H2,1-3H3,(H,19,23)(H,20,21,22). The van der Waals surface area contributed by atoms with Crippen molar-refractivity contribution in [2.24, 2.45) is 5.92 Å². The molecule has 0 saturated carbocycles. The molecule has 1 amide bonds. The highest BCUT2D eigenvalue weighted by Crippen LogP contribution is 2.21. The summed E-state index contributed by atoms with van der Waals surface area (Å²) in [6.07, 6.45) is 3.96. The Morgan fingerprint density at radius 1 is 1.26 bits per heavy atom. The number of aromatic nitrogens is 2. The second-order valence-electron chi connectivity index (χ2n) is 5.82. The second-order valence-corrected chi connectivity index (χ2v) is 6.23. The van der Waals surface area contributed by atoms with Crippen LogP contribution in [0.4, 0.5) is 11.6 Å². The van der Waals surface area contributed by atoms with E-state index in [2.05, 4.69) is 34.4 Å². The van der Waals surface area contributed by atoms with Gasteiger partial charge in [0, 0.05) is 29.6 Å². The largest absolute Gasteiger partial charge is 0.352 e. The number of benzene rings is 1. The molecular formula is C17H21ClN4O. The first-order valence-corrected chi connectivity index (χ1v) is 7.97. The van der Waals surface area contributed by atoms with Gasteiger partial charge in [0.05, 0.1) is 5.56 Å². The zero-order chi connectivity index (χ0) is 16.8. The summed E-state index contributed by atoms with van der Waals surface area (Å²) in [6, 6.07) is 5.63. The molecule has 0 aliphatic rings. The molecule has 0 spiro atoms. The Bertz CT molecular complexity index is 671. The third-order valence-electron chi connectivity index (χ3n) is 3.35. The number of carbonyl (C=O) groups excluding carboxylic acids is 1. The number of amides is 1. The first-order valence-electron chi connectivity index (χ1n) is 7.59. The van der Waals surface area contributed by atoms with E-state index in [9.17, 15) is 4.79 Å². The zero-order valence-corrected chi connectivity index (χ0v) is 14.3. The highest BCUT2D eigenvalue weighted by Gasteiger charge is 2.07. The predicted molar refractivity (Wildman–Crippen MR) is 93.3 cm³/mol. The van der Waals surface area contributed by atoms with Gasteiger partial charge < -0.3 is 10.6 Å². The molecule has 0 atom stereocenters. The summed E-state index contributed by atoms with van der Waals surface area (Å²) >= 11 is 6.08. The molecule has 0 aliphatic carbocycles. The van der Waals surface area contributed by atoms with Crippen LogP contribution in [0.25, 0.3) is 0 Å². The number of aryl methyl sites for hydroxylation is 1. The van der Waals surface area contributed by atoms with E-state index in [1.165, 1.54) is 12.4 Å². The minimum absolute atomic E-state index is 0.157. The molecule has 0 aliphatic heterocycles. The number of hydrogen-bond acceptors (Lipinski definition) is 4. The lowest BCUT2D eigenvalue weighted by atomic mass is 10.1. The second kappa shape index (κ2) is 7.92. The van der Waals surface area contributed by atoms with E-state index >= 15 is 0 Å². The summed E-state index contributed by atoms with van der Waals surface area (Å²) in [7, 11) is 0. The van der Waals surface area contributed by atoms with Crippen LogP contribution in [0, 0.1) is 12.8 Å². The van der Waals surface area contributed by atoms with Crippen LogP contribution in [0.3, 0.4) is 0 Å². The maximum Gasteiger partial charge on any atom is 0.254 e. The quantitative estimate of drug-likeness (QED) is 0.840. The van der Waals surface area contributed by atoms with E-state index in [4.69, 9.17) is 11.6 Å². The van der Waals surface area contributed by atoms with Crippen molar-refractivity contribution < 1.29 is 4.79 Å². The number of rotatable bonds is 6. The lowest BCUT2D eigenvalue weighted by molar-refractivity contribution is 0.0951. The van der Waals surface area contributed by atoms with Gasteiger partial charge in [-0.3, -0.25) is 4.79 Å². The summed E-state index contributed by atoms with van der Waals surface area (Å²) in [6.45, 7) is 6.83. The van der Waals surface area contributed by atoms with Gasteiger partial charge in [-0.2, -0.15) is 0 Å². The van der Waals surface area contributed by atoms with Gasteiger partial charge in [0.25, 0.3) is 5.91 Å². The Morgan fingerprint density at radius 2 is 1.96 bits per heavy atom. The minimum Gasteiger partial charge on any atom is -0.352 e. The molecule has 0 fully saturated rings. The molecule has 5 nitrogen and oxygen atoms in total. The van der Waals surface area contributed by atoms with Crippen LogP contribution in [0.5, 0.6) is 0 Å². The van der Waals surface area contributed by atoms with E-state index in [0.29, 0.717) is 29.0 Å². The fourth-order valence-corrected chi connectivity index (χ4v) is 2.07. The highest BCUT2D eigenvalue weighted by atomic mass is 35.5. The van der Waals surface area contributed by atoms with E-state index < -0.39 is 0 Å². The molecule has 0 bridgehead atoms. The van der Waals surface area contributed by atoms with E-state index in [1.807, 2.05) is 25.1 Å². The first-order chi connectivity index (χ1) is 11.0. The summed E-state index contributed by atoms with van der Waals surface area (Å²) in [5.41, 5.74) is 2.25. The fraction of sp³-hybridized carbons (Fsp3) is 0.353. The number of hydrogen-bond donors (Lipinski definition) is 2. The van der Waals surface area contributed by atoms with Gasteiger partial charge in [-0.05, 0) is 37.0 Å². The molecule has 23 heavy (non-hydrogen) atoms.